The summed E-state index contributed by atoms with van der Waals surface area (Å²) < 4.78 is 4.83. The summed E-state index contributed by atoms with van der Waals surface area (Å²) in [5.74, 6) is -0.384. The van der Waals surface area contributed by atoms with E-state index in [9.17, 15) is 9.59 Å². The molecular formula is C11H11N3O3S. The number of rotatable bonds is 3. The fraction of sp³-hybridized carbons (Fsp3) is 0.273. The standard InChI is InChI=1S/C11H11N3O3S/c1-5-4-8(17-14-5)10(16)13-11-12-6(2)9(18-11)7(3)15/h4H,1-3H3,(H,12,13,16). The van der Waals surface area contributed by atoms with Gasteiger partial charge in [-0.3, -0.25) is 14.9 Å². The van der Waals surface area contributed by atoms with Crippen LogP contribution in [0, 0.1) is 13.8 Å². The molecule has 0 aliphatic heterocycles. The molecule has 1 amide bonds. The van der Waals surface area contributed by atoms with Gasteiger partial charge in [-0.25, -0.2) is 4.98 Å². The first kappa shape index (κ1) is 12.4. The molecule has 0 fully saturated rings. The van der Waals surface area contributed by atoms with E-state index in [2.05, 4.69) is 15.5 Å². The third-order valence-electron chi connectivity index (χ3n) is 2.19. The lowest BCUT2D eigenvalue weighted by molar-refractivity contribution is 0.0986. The SMILES string of the molecule is CC(=O)c1sc(NC(=O)c2cc(C)no2)nc1C. The van der Waals surface area contributed by atoms with Crippen molar-refractivity contribution in [1.82, 2.24) is 10.1 Å². The van der Waals surface area contributed by atoms with Gasteiger partial charge < -0.3 is 4.52 Å². The summed E-state index contributed by atoms with van der Waals surface area (Å²) in [6.07, 6.45) is 0. The Morgan fingerprint density at radius 1 is 1.39 bits per heavy atom. The van der Waals surface area contributed by atoms with E-state index in [0.29, 0.717) is 21.4 Å². The van der Waals surface area contributed by atoms with Crippen molar-refractivity contribution >= 4 is 28.2 Å². The Labute approximate surface area is 107 Å². The van der Waals surface area contributed by atoms with Gasteiger partial charge in [-0.15, -0.1) is 0 Å². The van der Waals surface area contributed by atoms with Crippen LogP contribution >= 0.6 is 11.3 Å². The largest absolute Gasteiger partial charge is 0.351 e. The van der Waals surface area contributed by atoms with Gasteiger partial charge >= 0.3 is 0 Å². The molecule has 0 spiro atoms. The highest BCUT2D eigenvalue weighted by molar-refractivity contribution is 7.17. The van der Waals surface area contributed by atoms with Crippen molar-refractivity contribution < 1.29 is 14.1 Å². The molecule has 2 heterocycles. The number of Topliss-reactive ketones (excluding diaryl/α,β-unsaturated/α-hetero) is 1. The molecule has 0 atom stereocenters. The molecule has 0 saturated heterocycles. The van der Waals surface area contributed by atoms with Crippen LogP contribution in [-0.4, -0.2) is 21.8 Å². The zero-order valence-electron chi connectivity index (χ0n) is 10.1. The van der Waals surface area contributed by atoms with E-state index in [0.717, 1.165) is 11.3 Å². The highest BCUT2D eigenvalue weighted by Crippen LogP contribution is 2.23. The third kappa shape index (κ3) is 2.45. The number of hydrogen-bond donors (Lipinski definition) is 1. The van der Waals surface area contributed by atoms with Gasteiger partial charge in [0.25, 0.3) is 5.91 Å². The van der Waals surface area contributed by atoms with Gasteiger partial charge in [-0.2, -0.15) is 0 Å². The van der Waals surface area contributed by atoms with Gasteiger partial charge in [0.2, 0.25) is 5.76 Å². The van der Waals surface area contributed by atoms with Crippen LogP contribution in [0.5, 0.6) is 0 Å². The maximum atomic E-state index is 11.8. The Bertz CT molecular complexity index is 615. The van der Waals surface area contributed by atoms with Gasteiger partial charge in [-0.05, 0) is 13.8 Å². The normalized spacial score (nSPS) is 10.4. The van der Waals surface area contributed by atoms with E-state index in [4.69, 9.17) is 4.52 Å². The van der Waals surface area contributed by atoms with Crippen molar-refractivity contribution in [2.24, 2.45) is 0 Å². The van der Waals surface area contributed by atoms with E-state index in [1.807, 2.05) is 0 Å². The van der Waals surface area contributed by atoms with E-state index in [-0.39, 0.29) is 11.5 Å². The van der Waals surface area contributed by atoms with Gasteiger partial charge in [0.15, 0.2) is 10.9 Å². The monoisotopic (exact) mass is 265 g/mol. The molecule has 2 aromatic heterocycles. The second-order valence-corrected chi connectivity index (χ2v) is 4.78. The molecule has 0 aliphatic carbocycles. The van der Waals surface area contributed by atoms with Crippen LogP contribution in [0.3, 0.4) is 0 Å². The fourth-order valence-corrected chi connectivity index (χ4v) is 2.26. The number of aromatic nitrogens is 2. The van der Waals surface area contributed by atoms with Gasteiger partial charge in [0, 0.05) is 13.0 Å². The van der Waals surface area contributed by atoms with E-state index < -0.39 is 5.91 Å². The minimum Gasteiger partial charge on any atom is -0.351 e. The second kappa shape index (κ2) is 4.69. The lowest BCUT2D eigenvalue weighted by Crippen LogP contribution is -2.10. The topological polar surface area (TPSA) is 85.1 Å². The molecule has 0 bridgehead atoms. The van der Waals surface area contributed by atoms with Crippen molar-refractivity contribution in [3.63, 3.8) is 0 Å². The average Bonchev–Trinajstić information content (AvgIpc) is 2.85. The van der Waals surface area contributed by atoms with Gasteiger partial charge in [0.1, 0.15) is 0 Å². The fourth-order valence-electron chi connectivity index (χ4n) is 1.41. The molecule has 94 valence electrons. The molecule has 6 nitrogen and oxygen atoms in total. The zero-order chi connectivity index (χ0) is 13.3. The predicted molar refractivity (Wildman–Crippen MR) is 66.0 cm³/mol. The van der Waals surface area contributed by atoms with Crippen LogP contribution in [0.25, 0.3) is 0 Å². The Morgan fingerprint density at radius 3 is 2.61 bits per heavy atom. The summed E-state index contributed by atoms with van der Waals surface area (Å²) in [6, 6.07) is 1.53. The Hall–Kier alpha value is -2.02. The Balaban J connectivity index is 2.17. The molecule has 7 heteroatoms. The number of thiazole rings is 1. The second-order valence-electron chi connectivity index (χ2n) is 3.78. The van der Waals surface area contributed by atoms with Crippen molar-refractivity contribution in [2.75, 3.05) is 5.32 Å². The summed E-state index contributed by atoms with van der Waals surface area (Å²) in [5.41, 5.74) is 1.23. The maximum absolute atomic E-state index is 11.8. The van der Waals surface area contributed by atoms with E-state index in [1.54, 1.807) is 13.8 Å². The zero-order valence-corrected chi connectivity index (χ0v) is 10.9. The van der Waals surface area contributed by atoms with Gasteiger partial charge in [0.05, 0.1) is 16.3 Å². The first-order valence-electron chi connectivity index (χ1n) is 5.20. The van der Waals surface area contributed by atoms with E-state index in [1.165, 1.54) is 13.0 Å². The number of anilines is 1. The van der Waals surface area contributed by atoms with Crippen molar-refractivity contribution in [3.05, 3.63) is 28.1 Å². The first-order valence-corrected chi connectivity index (χ1v) is 6.02. The third-order valence-corrected chi connectivity index (χ3v) is 3.36. The predicted octanol–water partition coefficient (Wildman–Crippen LogP) is 2.20. The summed E-state index contributed by atoms with van der Waals surface area (Å²) in [4.78, 5) is 27.7. The quantitative estimate of drug-likeness (QED) is 0.860. The van der Waals surface area contributed by atoms with Crippen LogP contribution in [0.1, 0.15) is 38.5 Å². The molecule has 0 radical (unpaired) electrons. The first-order chi connectivity index (χ1) is 8.47. The highest BCUT2D eigenvalue weighted by Gasteiger charge is 2.16. The van der Waals surface area contributed by atoms with Gasteiger partial charge in [-0.1, -0.05) is 16.5 Å². The summed E-state index contributed by atoms with van der Waals surface area (Å²) in [6.45, 7) is 4.91. The summed E-state index contributed by atoms with van der Waals surface area (Å²) >= 11 is 1.14. The van der Waals surface area contributed by atoms with Crippen molar-refractivity contribution in [1.29, 1.82) is 0 Å². The number of amides is 1. The summed E-state index contributed by atoms with van der Waals surface area (Å²) in [5, 5.41) is 6.57. The molecule has 1 N–H and O–H groups in total. The molecule has 0 aromatic carbocycles. The molecule has 2 aromatic rings. The van der Waals surface area contributed by atoms with Crippen LogP contribution in [-0.2, 0) is 0 Å². The smallest absolute Gasteiger partial charge is 0.296 e. The minimum absolute atomic E-state index is 0.0685. The lowest BCUT2D eigenvalue weighted by atomic mass is 10.3. The van der Waals surface area contributed by atoms with Crippen LogP contribution in [0.4, 0.5) is 5.13 Å². The number of aryl methyl sites for hydroxylation is 2. The number of hydrogen-bond acceptors (Lipinski definition) is 6. The maximum Gasteiger partial charge on any atom is 0.296 e. The molecule has 18 heavy (non-hydrogen) atoms. The number of ketones is 1. The van der Waals surface area contributed by atoms with Crippen LogP contribution < -0.4 is 5.32 Å². The van der Waals surface area contributed by atoms with Crippen LogP contribution in [0.2, 0.25) is 0 Å². The number of nitrogens with zero attached hydrogens (tertiary/aromatic N) is 2. The minimum atomic E-state index is -0.431. The molecule has 0 saturated carbocycles. The molecular weight excluding hydrogens is 254 g/mol. The average molecular weight is 265 g/mol. The number of carbonyl (C=O) groups excluding carboxylic acids is 2. The Morgan fingerprint density at radius 2 is 2.11 bits per heavy atom. The number of nitrogens with one attached hydrogen (secondary N) is 1. The molecule has 2 rings (SSSR count). The van der Waals surface area contributed by atoms with Crippen molar-refractivity contribution in [3.8, 4) is 0 Å². The lowest BCUT2D eigenvalue weighted by Gasteiger charge is -1.95. The molecule has 0 aliphatic rings. The molecule has 0 unspecified atom stereocenters. The Kier molecular flexibility index (Phi) is 3.24. The highest BCUT2D eigenvalue weighted by atomic mass is 32.1. The number of carbonyl (C=O) groups is 2. The van der Waals surface area contributed by atoms with Crippen molar-refractivity contribution in [2.45, 2.75) is 20.8 Å². The van der Waals surface area contributed by atoms with E-state index >= 15 is 0 Å². The summed E-state index contributed by atoms with van der Waals surface area (Å²) in [7, 11) is 0. The van der Waals surface area contributed by atoms with Crippen LogP contribution in [0.15, 0.2) is 10.6 Å².